The van der Waals surface area contributed by atoms with Gasteiger partial charge in [-0.2, -0.15) is 0 Å². The molecule has 0 aliphatic rings. The molecule has 1 amide bonds. The van der Waals surface area contributed by atoms with Gasteiger partial charge in [0.15, 0.2) is 0 Å². The minimum absolute atomic E-state index is 0.0822. The van der Waals surface area contributed by atoms with E-state index in [1.54, 1.807) is 18.2 Å². The molecular weight excluding hydrogens is 265 g/mol. The average molecular weight is 277 g/mol. The summed E-state index contributed by atoms with van der Waals surface area (Å²) in [5.74, 6) is -0.0822. The maximum absolute atomic E-state index is 11.5. The molecule has 1 aromatic rings. The van der Waals surface area contributed by atoms with Gasteiger partial charge in [0.2, 0.25) is 0 Å². The van der Waals surface area contributed by atoms with E-state index in [4.69, 9.17) is 11.6 Å². The van der Waals surface area contributed by atoms with Crippen LogP contribution in [0, 0.1) is 0 Å². The third kappa shape index (κ3) is 3.00. The molecule has 1 N–H and O–H groups in total. The van der Waals surface area contributed by atoms with E-state index >= 15 is 0 Å². The zero-order valence-corrected chi connectivity index (χ0v) is 10.2. The van der Waals surface area contributed by atoms with Gasteiger partial charge in [0.25, 0.3) is 5.91 Å². The summed E-state index contributed by atoms with van der Waals surface area (Å²) in [6.45, 7) is 2.70. The molecule has 76 valence electrons. The largest absolute Gasteiger partial charge is 0.352 e. The molecule has 0 spiro atoms. The van der Waals surface area contributed by atoms with Crippen LogP contribution in [0.3, 0.4) is 0 Å². The number of carbonyl (C=O) groups is 1. The highest BCUT2D eigenvalue weighted by Gasteiger charge is 2.06. The Morgan fingerprint density at radius 3 is 2.86 bits per heavy atom. The van der Waals surface area contributed by atoms with Crippen LogP contribution >= 0.6 is 27.5 Å². The molecule has 4 heteroatoms. The van der Waals surface area contributed by atoms with E-state index in [-0.39, 0.29) is 5.91 Å². The number of hydrogen-bond donors (Lipinski definition) is 1. The fraction of sp³-hybridized carbons (Fsp3) is 0.300. The molecule has 0 saturated heterocycles. The predicted molar refractivity (Wildman–Crippen MR) is 61.8 cm³/mol. The molecule has 1 aromatic carbocycles. The van der Waals surface area contributed by atoms with Crippen LogP contribution < -0.4 is 5.32 Å². The summed E-state index contributed by atoms with van der Waals surface area (Å²) in [7, 11) is 0. The molecule has 0 fully saturated rings. The Labute approximate surface area is 96.8 Å². The highest BCUT2D eigenvalue weighted by molar-refractivity contribution is 9.10. The quantitative estimate of drug-likeness (QED) is 0.902. The Morgan fingerprint density at radius 1 is 1.57 bits per heavy atom. The van der Waals surface area contributed by atoms with Crippen LogP contribution in [-0.2, 0) is 0 Å². The summed E-state index contributed by atoms with van der Waals surface area (Å²) in [6.07, 6.45) is 0.927. The van der Waals surface area contributed by atoms with Crippen LogP contribution in [-0.4, -0.2) is 12.5 Å². The molecule has 0 aliphatic heterocycles. The molecular formula is C10H11BrClNO. The van der Waals surface area contributed by atoms with Gasteiger partial charge in [-0.1, -0.05) is 18.5 Å². The van der Waals surface area contributed by atoms with Crippen LogP contribution in [0.15, 0.2) is 22.7 Å². The van der Waals surface area contributed by atoms with Gasteiger partial charge in [-0.3, -0.25) is 4.79 Å². The highest BCUT2D eigenvalue weighted by atomic mass is 79.9. The standard InChI is InChI=1S/C10H11BrClNO/c1-2-5-13-10(14)7-3-4-8(11)9(12)6-7/h3-4,6H,2,5H2,1H3,(H,13,14). The van der Waals surface area contributed by atoms with Gasteiger partial charge in [0.1, 0.15) is 0 Å². The number of rotatable bonds is 3. The molecule has 2 nitrogen and oxygen atoms in total. The number of hydrogen-bond acceptors (Lipinski definition) is 1. The van der Waals surface area contributed by atoms with Gasteiger partial charge in [0, 0.05) is 16.6 Å². The topological polar surface area (TPSA) is 29.1 Å². The lowest BCUT2D eigenvalue weighted by Crippen LogP contribution is -2.23. The Hall–Kier alpha value is -0.540. The average Bonchev–Trinajstić information content (AvgIpc) is 2.18. The zero-order valence-electron chi connectivity index (χ0n) is 7.81. The van der Waals surface area contributed by atoms with Crippen molar-refractivity contribution in [3.8, 4) is 0 Å². The minimum Gasteiger partial charge on any atom is -0.352 e. The molecule has 0 atom stereocenters. The summed E-state index contributed by atoms with van der Waals surface area (Å²) in [4.78, 5) is 11.5. The SMILES string of the molecule is CCCNC(=O)c1ccc(Br)c(Cl)c1. The van der Waals surface area contributed by atoms with E-state index in [0.717, 1.165) is 10.9 Å². The molecule has 0 aromatic heterocycles. The second-order valence-corrected chi connectivity index (χ2v) is 4.15. The molecule has 0 radical (unpaired) electrons. The molecule has 0 aliphatic carbocycles. The summed E-state index contributed by atoms with van der Waals surface area (Å²) in [6, 6.07) is 5.15. The fourth-order valence-corrected chi connectivity index (χ4v) is 1.41. The summed E-state index contributed by atoms with van der Waals surface area (Å²) in [5, 5.41) is 3.33. The van der Waals surface area contributed by atoms with E-state index < -0.39 is 0 Å². The van der Waals surface area contributed by atoms with Crippen LogP contribution in [0.25, 0.3) is 0 Å². The predicted octanol–water partition coefficient (Wildman–Crippen LogP) is 3.24. The van der Waals surface area contributed by atoms with Crippen molar-refractivity contribution in [2.75, 3.05) is 6.54 Å². The van der Waals surface area contributed by atoms with Crippen LogP contribution in [0.4, 0.5) is 0 Å². The van der Waals surface area contributed by atoms with Crippen LogP contribution in [0.2, 0.25) is 5.02 Å². The second kappa shape index (κ2) is 5.37. The van der Waals surface area contributed by atoms with E-state index in [2.05, 4.69) is 21.2 Å². The lowest BCUT2D eigenvalue weighted by atomic mass is 10.2. The first-order valence-electron chi connectivity index (χ1n) is 4.38. The van der Waals surface area contributed by atoms with Crippen molar-refractivity contribution in [2.45, 2.75) is 13.3 Å². The van der Waals surface area contributed by atoms with Crippen molar-refractivity contribution in [1.82, 2.24) is 5.32 Å². The highest BCUT2D eigenvalue weighted by Crippen LogP contribution is 2.22. The van der Waals surface area contributed by atoms with Crippen LogP contribution in [0.1, 0.15) is 23.7 Å². The Bertz CT molecular complexity index is 341. The maximum Gasteiger partial charge on any atom is 0.251 e. The van der Waals surface area contributed by atoms with E-state index in [1.807, 2.05) is 6.92 Å². The second-order valence-electron chi connectivity index (χ2n) is 2.88. The lowest BCUT2D eigenvalue weighted by molar-refractivity contribution is 0.0953. The molecule has 0 heterocycles. The van der Waals surface area contributed by atoms with E-state index in [1.165, 1.54) is 0 Å². The van der Waals surface area contributed by atoms with Gasteiger partial charge in [-0.25, -0.2) is 0 Å². The molecule has 14 heavy (non-hydrogen) atoms. The van der Waals surface area contributed by atoms with Gasteiger partial charge < -0.3 is 5.32 Å². The number of halogens is 2. The first kappa shape index (κ1) is 11.5. The molecule has 0 saturated carbocycles. The molecule has 1 rings (SSSR count). The Kier molecular flexibility index (Phi) is 4.42. The van der Waals surface area contributed by atoms with Crippen molar-refractivity contribution in [1.29, 1.82) is 0 Å². The Balaban J connectivity index is 2.76. The lowest BCUT2D eigenvalue weighted by Gasteiger charge is -2.04. The van der Waals surface area contributed by atoms with Gasteiger partial charge >= 0.3 is 0 Å². The van der Waals surface area contributed by atoms with Crippen molar-refractivity contribution in [2.24, 2.45) is 0 Å². The Morgan fingerprint density at radius 2 is 2.29 bits per heavy atom. The van der Waals surface area contributed by atoms with E-state index in [0.29, 0.717) is 17.1 Å². The normalized spacial score (nSPS) is 9.93. The summed E-state index contributed by atoms with van der Waals surface area (Å²) in [5.41, 5.74) is 0.589. The summed E-state index contributed by atoms with van der Waals surface area (Å²) < 4.78 is 0.797. The summed E-state index contributed by atoms with van der Waals surface area (Å²) >= 11 is 9.13. The van der Waals surface area contributed by atoms with Gasteiger partial charge in [0.05, 0.1) is 5.02 Å². The van der Waals surface area contributed by atoms with Gasteiger partial charge in [-0.05, 0) is 40.5 Å². The maximum atomic E-state index is 11.5. The number of carbonyl (C=O) groups excluding carboxylic acids is 1. The van der Waals surface area contributed by atoms with Crippen molar-refractivity contribution in [3.05, 3.63) is 33.3 Å². The monoisotopic (exact) mass is 275 g/mol. The number of nitrogens with one attached hydrogen (secondary N) is 1. The fourth-order valence-electron chi connectivity index (χ4n) is 0.978. The van der Waals surface area contributed by atoms with E-state index in [9.17, 15) is 4.79 Å². The third-order valence-electron chi connectivity index (χ3n) is 1.72. The minimum atomic E-state index is -0.0822. The van der Waals surface area contributed by atoms with Gasteiger partial charge in [-0.15, -0.1) is 0 Å². The van der Waals surface area contributed by atoms with Crippen LogP contribution in [0.5, 0.6) is 0 Å². The smallest absolute Gasteiger partial charge is 0.251 e. The van der Waals surface area contributed by atoms with Crippen molar-refractivity contribution in [3.63, 3.8) is 0 Å². The zero-order chi connectivity index (χ0) is 10.6. The first-order valence-corrected chi connectivity index (χ1v) is 5.55. The van der Waals surface area contributed by atoms with Crippen molar-refractivity contribution >= 4 is 33.4 Å². The number of benzene rings is 1. The molecule has 0 unspecified atom stereocenters. The third-order valence-corrected chi connectivity index (χ3v) is 2.95. The molecule has 0 bridgehead atoms. The first-order chi connectivity index (χ1) is 6.65. The van der Waals surface area contributed by atoms with Crippen molar-refractivity contribution < 1.29 is 4.79 Å². The number of amides is 1.